The summed E-state index contributed by atoms with van der Waals surface area (Å²) < 4.78 is 13.2. The summed E-state index contributed by atoms with van der Waals surface area (Å²) in [4.78, 5) is 7.32. The molecule has 1 fully saturated rings. The van der Waals surface area contributed by atoms with E-state index in [1.807, 2.05) is 41.7 Å². The quantitative estimate of drug-likeness (QED) is 0.400. The Bertz CT molecular complexity index is 1300. The van der Waals surface area contributed by atoms with E-state index in [9.17, 15) is 0 Å². The van der Waals surface area contributed by atoms with E-state index < -0.39 is 0 Å². The minimum Gasteiger partial charge on any atom is -0.491 e. The summed E-state index contributed by atoms with van der Waals surface area (Å²) in [6.45, 7) is 9.98. The van der Waals surface area contributed by atoms with Crippen molar-refractivity contribution < 1.29 is 9.47 Å². The van der Waals surface area contributed by atoms with Gasteiger partial charge in [0.2, 0.25) is 0 Å². The molecular formula is C26H32N6O2. The van der Waals surface area contributed by atoms with E-state index in [4.69, 9.17) is 20.2 Å². The number of nitrogens with zero attached hydrogens (tertiary/aromatic N) is 5. The first-order valence-corrected chi connectivity index (χ1v) is 11.9. The Hall–Kier alpha value is -3.07. The van der Waals surface area contributed by atoms with Crippen molar-refractivity contribution in [3.8, 4) is 17.3 Å². The third-order valence-electron chi connectivity index (χ3n) is 6.58. The van der Waals surface area contributed by atoms with E-state index >= 15 is 0 Å². The lowest BCUT2D eigenvalue weighted by Gasteiger charge is -2.26. The van der Waals surface area contributed by atoms with Crippen LogP contribution in [0.5, 0.6) is 5.75 Å². The first-order chi connectivity index (χ1) is 16.4. The lowest BCUT2D eigenvalue weighted by atomic mass is 10.0. The van der Waals surface area contributed by atoms with Crippen LogP contribution in [0.25, 0.3) is 28.1 Å². The molecule has 1 saturated heterocycles. The predicted molar refractivity (Wildman–Crippen MR) is 133 cm³/mol. The number of nitrogens with two attached hydrogens (primary N) is 1. The third-order valence-corrected chi connectivity index (χ3v) is 6.58. The summed E-state index contributed by atoms with van der Waals surface area (Å²) in [6.07, 6.45) is 3.14. The molecule has 178 valence electrons. The van der Waals surface area contributed by atoms with E-state index in [0.29, 0.717) is 19.8 Å². The summed E-state index contributed by atoms with van der Waals surface area (Å²) >= 11 is 0. The average molecular weight is 461 g/mol. The molecule has 1 aliphatic rings. The molecule has 3 aromatic heterocycles. The zero-order chi connectivity index (χ0) is 23.7. The molecule has 0 aliphatic carbocycles. The van der Waals surface area contributed by atoms with Crippen LogP contribution < -0.4 is 10.5 Å². The molecule has 0 bridgehead atoms. The number of likely N-dealkylation sites (tertiary alicyclic amines) is 1. The van der Waals surface area contributed by atoms with Crippen LogP contribution in [0.2, 0.25) is 0 Å². The Kier molecular flexibility index (Phi) is 6.20. The largest absolute Gasteiger partial charge is 0.491 e. The standard InChI is InChI=1S/C26H32N6O2/c1-4-33-13-14-34-21-8-5-19-6-9-22(28-23(19)15-21)25-30-29-24-10-7-20(16-32(24)25)18(2)31-12-11-26(3,27)17-31/h5-10,15-16,18H,4,11-14,17,27H2,1-3H3/t18-,26+/m1/s1. The van der Waals surface area contributed by atoms with Gasteiger partial charge in [-0.15, -0.1) is 10.2 Å². The third kappa shape index (κ3) is 4.61. The van der Waals surface area contributed by atoms with Crippen molar-refractivity contribution in [3.05, 3.63) is 54.2 Å². The number of fused-ring (bicyclic) bond motifs is 2. The van der Waals surface area contributed by atoms with Crippen LogP contribution in [0.1, 0.15) is 38.8 Å². The maximum absolute atomic E-state index is 6.36. The summed E-state index contributed by atoms with van der Waals surface area (Å²) in [5.41, 5.74) is 9.87. The highest BCUT2D eigenvalue weighted by Gasteiger charge is 2.32. The number of hydrogen-bond acceptors (Lipinski definition) is 7. The van der Waals surface area contributed by atoms with Gasteiger partial charge in [0.25, 0.3) is 0 Å². The van der Waals surface area contributed by atoms with Crippen molar-refractivity contribution in [1.29, 1.82) is 0 Å². The van der Waals surface area contributed by atoms with Gasteiger partial charge in [-0.3, -0.25) is 9.30 Å². The molecule has 2 atom stereocenters. The lowest BCUT2D eigenvalue weighted by molar-refractivity contribution is 0.110. The van der Waals surface area contributed by atoms with Gasteiger partial charge in [0, 0.05) is 48.9 Å². The Morgan fingerprint density at radius 3 is 2.76 bits per heavy atom. The van der Waals surface area contributed by atoms with E-state index in [-0.39, 0.29) is 11.6 Å². The van der Waals surface area contributed by atoms with E-state index in [1.165, 1.54) is 5.56 Å². The van der Waals surface area contributed by atoms with E-state index in [0.717, 1.165) is 53.3 Å². The molecule has 8 nitrogen and oxygen atoms in total. The second-order valence-electron chi connectivity index (χ2n) is 9.36. The lowest BCUT2D eigenvalue weighted by Crippen LogP contribution is -2.39. The molecule has 4 heterocycles. The van der Waals surface area contributed by atoms with Crippen molar-refractivity contribution >= 4 is 16.6 Å². The highest BCUT2D eigenvalue weighted by Crippen LogP contribution is 2.29. The monoisotopic (exact) mass is 460 g/mol. The highest BCUT2D eigenvalue weighted by atomic mass is 16.5. The fourth-order valence-electron chi connectivity index (χ4n) is 4.57. The van der Waals surface area contributed by atoms with E-state index in [2.05, 4.69) is 47.3 Å². The Labute approximate surface area is 199 Å². The number of rotatable bonds is 8. The summed E-state index contributed by atoms with van der Waals surface area (Å²) in [7, 11) is 0. The molecule has 2 N–H and O–H groups in total. The van der Waals surface area contributed by atoms with Crippen LogP contribution in [0.3, 0.4) is 0 Å². The second-order valence-corrected chi connectivity index (χ2v) is 9.36. The van der Waals surface area contributed by atoms with Gasteiger partial charge in [0.05, 0.1) is 12.1 Å². The molecule has 34 heavy (non-hydrogen) atoms. The molecule has 0 amide bonds. The van der Waals surface area contributed by atoms with Crippen molar-refractivity contribution in [3.63, 3.8) is 0 Å². The smallest absolute Gasteiger partial charge is 0.187 e. The van der Waals surface area contributed by atoms with Gasteiger partial charge in [-0.05, 0) is 57.0 Å². The van der Waals surface area contributed by atoms with Gasteiger partial charge in [-0.2, -0.15) is 0 Å². The minimum atomic E-state index is -0.124. The molecule has 0 saturated carbocycles. The number of benzene rings is 1. The van der Waals surface area contributed by atoms with Crippen LogP contribution in [-0.4, -0.2) is 62.9 Å². The maximum atomic E-state index is 6.36. The Morgan fingerprint density at radius 2 is 1.97 bits per heavy atom. The van der Waals surface area contributed by atoms with Crippen LogP contribution in [0, 0.1) is 0 Å². The first kappa shape index (κ1) is 22.7. The van der Waals surface area contributed by atoms with Crippen LogP contribution in [0.15, 0.2) is 48.7 Å². The van der Waals surface area contributed by atoms with Crippen molar-refractivity contribution in [2.24, 2.45) is 5.73 Å². The molecule has 0 radical (unpaired) electrons. The normalized spacial score (nSPS) is 19.8. The van der Waals surface area contributed by atoms with Crippen LogP contribution in [-0.2, 0) is 4.74 Å². The van der Waals surface area contributed by atoms with E-state index in [1.54, 1.807) is 0 Å². The zero-order valence-corrected chi connectivity index (χ0v) is 20.1. The molecule has 0 unspecified atom stereocenters. The number of hydrogen-bond donors (Lipinski definition) is 1. The topological polar surface area (TPSA) is 90.8 Å². The molecule has 1 aliphatic heterocycles. The number of pyridine rings is 2. The number of ether oxygens (including phenoxy) is 2. The minimum absolute atomic E-state index is 0.124. The van der Waals surface area contributed by atoms with Crippen LogP contribution >= 0.6 is 0 Å². The summed E-state index contributed by atoms with van der Waals surface area (Å²) in [6, 6.07) is 14.4. The fourth-order valence-corrected chi connectivity index (χ4v) is 4.57. The van der Waals surface area contributed by atoms with Gasteiger partial charge < -0.3 is 15.2 Å². The maximum Gasteiger partial charge on any atom is 0.187 e. The molecule has 5 rings (SSSR count). The SMILES string of the molecule is CCOCCOc1ccc2ccc(-c3nnc4ccc([C@@H](C)N5CC[C@](C)(N)C5)cn34)nc2c1. The Balaban J connectivity index is 1.43. The highest BCUT2D eigenvalue weighted by molar-refractivity contribution is 5.82. The van der Waals surface area contributed by atoms with Crippen molar-refractivity contribution in [2.75, 3.05) is 32.9 Å². The van der Waals surface area contributed by atoms with Crippen molar-refractivity contribution in [2.45, 2.75) is 38.8 Å². The average Bonchev–Trinajstić information content (AvgIpc) is 3.43. The first-order valence-electron chi connectivity index (χ1n) is 11.9. The van der Waals surface area contributed by atoms with Gasteiger partial charge in [0.15, 0.2) is 11.5 Å². The van der Waals surface area contributed by atoms with Gasteiger partial charge in [-0.1, -0.05) is 12.1 Å². The van der Waals surface area contributed by atoms with Gasteiger partial charge in [-0.25, -0.2) is 4.98 Å². The van der Waals surface area contributed by atoms with Crippen molar-refractivity contribution in [1.82, 2.24) is 24.5 Å². The summed E-state index contributed by atoms with van der Waals surface area (Å²) in [5.74, 6) is 1.50. The molecule has 0 spiro atoms. The van der Waals surface area contributed by atoms with Gasteiger partial charge in [0.1, 0.15) is 18.1 Å². The number of aromatic nitrogens is 4. The fraction of sp³-hybridized carbons (Fsp3) is 0.423. The van der Waals surface area contributed by atoms with Crippen LogP contribution in [0.4, 0.5) is 0 Å². The molecule has 8 heteroatoms. The molecule has 4 aromatic rings. The molecule has 1 aromatic carbocycles. The summed E-state index contributed by atoms with van der Waals surface area (Å²) in [5, 5.41) is 9.87. The predicted octanol–water partition coefficient (Wildman–Crippen LogP) is 3.84. The zero-order valence-electron chi connectivity index (χ0n) is 20.1. The van der Waals surface area contributed by atoms with Gasteiger partial charge >= 0.3 is 0 Å². The second kappa shape index (κ2) is 9.29. The molecular weight excluding hydrogens is 428 g/mol. The Morgan fingerprint density at radius 1 is 1.12 bits per heavy atom.